The molecule has 0 amide bonds. The third-order valence-electron chi connectivity index (χ3n) is 11.1. The molecule has 0 aliphatic rings. The zero-order chi connectivity index (χ0) is 37.5. The lowest BCUT2D eigenvalue weighted by molar-refractivity contribution is 0.669. The first-order valence-corrected chi connectivity index (χ1v) is 19.8. The van der Waals surface area contributed by atoms with E-state index in [1.54, 1.807) is 0 Å². The van der Waals surface area contributed by atoms with Gasteiger partial charge in [-0.05, 0) is 71.8 Å². The van der Waals surface area contributed by atoms with Crippen LogP contribution in [0.25, 0.3) is 115 Å². The quantitative estimate of drug-likeness (QED) is 0.176. The average Bonchev–Trinajstić information content (AvgIpc) is 3.95. The van der Waals surface area contributed by atoms with E-state index in [0.717, 1.165) is 55.3 Å². The Bertz CT molecular complexity index is 3470. The number of hydrogen-bond donors (Lipinski definition) is 0. The van der Waals surface area contributed by atoms with Crippen molar-refractivity contribution in [2.45, 2.75) is 0 Å². The number of para-hydroxylation sites is 1. The fraction of sp³-hybridized carbons (Fsp3) is 0. The third-order valence-corrected chi connectivity index (χ3v) is 12.3. The summed E-state index contributed by atoms with van der Waals surface area (Å²) in [5, 5.41) is 7.10. The molecule has 266 valence electrons. The molecule has 4 heterocycles. The fourth-order valence-corrected chi connectivity index (χ4v) is 9.61. The number of rotatable bonds is 5. The van der Waals surface area contributed by atoms with Crippen molar-refractivity contribution in [3.8, 4) is 51.0 Å². The maximum Gasteiger partial charge on any atom is 0.164 e. The molecule has 0 fully saturated rings. The molecule has 0 spiro atoms. The van der Waals surface area contributed by atoms with Gasteiger partial charge < -0.3 is 8.98 Å². The van der Waals surface area contributed by atoms with Crippen LogP contribution in [-0.4, -0.2) is 19.5 Å². The molecule has 0 atom stereocenters. The monoisotopic (exact) mass is 746 g/mol. The number of nitrogens with zero attached hydrogens (tertiary/aromatic N) is 4. The molecule has 0 radical (unpaired) electrons. The Hall–Kier alpha value is -7.41. The molecule has 0 saturated heterocycles. The van der Waals surface area contributed by atoms with Gasteiger partial charge in [0.25, 0.3) is 0 Å². The summed E-state index contributed by atoms with van der Waals surface area (Å²) < 4.78 is 11.4. The van der Waals surface area contributed by atoms with Gasteiger partial charge in [0.15, 0.2) is 17.5 Å². The predicted octanol–water partition coefficient (Wildman–Crippen LogP) is 13.9. The first-order chi connectivity index (χ1) is 28.2. The molecule has 0 bridgehead atoms. The maximum absolute atomic E-state index is 6.44. The molecule has 8 aromatic carbocycles. The number of aromatic nitrogens is 4. The molecule has 6 heteroatoms. The van der Waals surface area contributed by atoms with Crippen molar-refractivity contribution in [2.24, 2.45) is 0 Å². The SMILES string of the molecule is c1ccc(-c2nc(-c3ccccc3)nc(-c3ccc4oc5ccc(-n6c7ccccc7c7cc(-c8cccc9c8sc8ccccc89)ccc76)cc5c4c3)n2)cc1. The van der Waals surface area contributed by atoms with Gasteiger partial charge in [-0.3, -0.25) is 0 Å². The van der Waals surface area contributed by atoms with Crippen LogP contribution < -0.4 is 0 Å². The minimum Gasteiger partial charge on any atom is -0.456 e. The second-order valence-electron chi connectivity index (χ2n) is 14.4. The largest absolute Gasteiger partial charge is 0.456 e. The Labute approximate surface area is 330 Å². The summed E-state index contributed by atoms with van der Waals surface area (Å²) >= 11 is 1.87. The highest BCUT2D eigenvalue weighted by Crippen LogP contribution is 2.42. The van der Waals surface area contributed by atoms with Crippen molar-refractivity contribution >= 4 is 75.3 Å². The summed E-state index contributed by atoms with van der Waals surface area (Å²) in [4.78, 5) is 14.9. The zero-order valence-corrected chi connectivity index (χ0v) is 31.2. The van der Waals surface area contributed by atoms with Crippen LogP contribution >= 0.6 is 11.3 Å². The van der Waals surface area contributed by atoms with Crippen LogP contribution in [0.5, 0.6) is 0 Å². The summed E-state index contributed by atoms with van der Waals surface area (Å²) in [5.74, 6) is 1.88. The molecule has 0 aliphatic heterocycles. The molecule has 0 saturated carbocycles. The Kier molecular flexibility index (Phi) is 7.03. The molecular weight excluding hydrogens is 717 g/mol. The van der Waals surface area contributed by atoms with Gasteiger partial charge in [-0.2, -0.15) is 0 Å². The molecule has 0 unspecified atom stereocenters. The predicted molar refractivity (Wildman–Crippen MR) is 236 cm³/mol. The van der Waals surface area contributed by atoms with Crippen molar-refractivity contribution in [1.29, 1.82) is 0 Å². The molecule has 4 aromatic heterocycles. The molecule has 5 nitrogen and oxygen atoms in total. The van der Waals surface area contributed by atoms with E-state index in [2.05, 4.69) is 114 Å². The second kappa shape index (κ2) is 12.6. The van der Waals surface area contributed by atoms with E-state index in [1.807, 2.05) is 84.1 Å². The Morgan fingerprint density at radius 3 is 1.74 bits per heavy atom. The van der Waals surface area contributed by atoms with Gasteiger partial charge in [0.2, 0.25) is 0 Å². The van der Waals surface area contributed by atoms with Gasteiger partial charge in [-0.25, -0.2) is 15.0 Å². The third kappa shape index (κ3) is 5.12. The van der Waals surface area contributed by atoms with Crippen LogP contribution in [0, 0.1) is 0 Å². The summed E-state index contributed by atoms with van der Waals surface area (Å²) in [5.41, 5.74) is 10.3. The standard InChI is InChI=1S/C51H30N4OS/c1-3-12-31(13-4-1)49-52-50(32-14-5-2-6-15-32)54-51(53-49)34-23-26-45-41(29-34)42-30-35(24-27-46(42)56-45)55-43-20-9-7-16-37(43)40-28-33(22-25-44(40)55)36-18-11-19-39-38-17-8-10-21-47(38)57-48(36)39/h1-30H. The van der Waals surface area contributed by atoms with Gasteiger partial charge in [0.1, 0.15) is 11.2 Å². The van der Waals surface area contributed by atoms with Crippen molar-refractivity contribution in [3.63, 3.8) is 0 Å². The van der Waals surface area contributed by atoms with Gasteiger partial charge >= 0.3 is 0 Å². The molecule has 0 N–H and O–H groups in total. The van der Waals surface area contributed by atoms with Crippen molar-refractivity contribution in [3.05, 3.63) is 182 Å². The van der Waals surface area contributed by atoms with Gasteiger partial charge in [0.05, 0.1) is 11.0 Å². The molecule has 57 heavy (non-hydrogen) atoms. The van der Waals surface area contributed by atoms with E-state index in [4.69, 9.17) is 19.4 Å². The number of furan rings is 1. The van der Waals surface area contributed by atoms with Crippen LogP contribution in [-0.2, 0) is 0 Å². The van der Waals surface area contributed by atoms with E-state index >= 15 is 0 Å². The highest BCUT2D eigenvalue weighted by atomic mass is 32.1. The lowest BCUT2D eigenvalue weighted by atomic mass is 10.0. The van der Waals surface area contributed by atoms with Crippen LogP contribution in [0.4, 0.5) is 0 Å². The van der Waals surface area contributed by atoms with E-state index in [9.17, 15) is 0 Å². The van der Waals surface area contributed by atoms with Crippen molar-refractivity contribution in [2.75, 3.05) is 0 Å². The summed E-state index contributed by atoms with van der Waals surface area (Å²) in [6.07, 6.45) is 0. The summed E-state index contributed by atoms with van der Waals surface area (Å²) in [6, 6.07) is 63.9. The van der Waals surface area contributed by atoms with E-state index in [-0.39, 0.29) is 0 Å². The minimum atomic E-state index is 0.611. The molecule has 0 aliphatic carbocycles. The number of thiophene rings is 1. The number of hydrogen-bond acceptors (Lipinski definition) is 5. The minimum absolute atomic E-state index is 0.611. The Morgan fingerprint density at radius 1 is 0.386 bits per heavy atom. The summed E-state index contributed by atoms with van der Waals surface area (Å²) in [6.45, 7) is 0. The van der Waals surface area contributed by atoms with E-state index < -0.39 is 0 Å². The molecule has 12 aromatic rings. The topological polar surface area (TPSA) is 56.7 Å². The lowest BCUT2D eigenvalue weighted by Gasteiger charge is -2.09. The van der Waals surface area contributed by atoms with Crippen LogP contribution in [0.3, 0.4) is 0 Å². The van der Waals surface area contributed by atoms with Crippen molar-refractivity contribution < 1.29 is 4.42 Å². The van der Waals surface area contributed by atoms with Gasteiger partial charge in [-0.1, -0.05) is 121 Å². The van der Waals surface area contributed by atoms with E-state index in [0.29, 0.717) is 17.5 Å². The Morgan fingerprint density at radius 2 is 0.965 bits per heavy atom. The lowest BCUT2D eigenvalue weighted by Crippen LogP contribution is -2.00. The average molecular weight is 747 g/mol. The molecular formula is C51H30N4OS. The highest BCUT2D eigenvalue weighted by Gasteiger charge is 2.18. The molecule has 12 rings (SSSR count). The van der Waals surface area contributed by atoms with Crippen LogP contribution in [0.15, 0.2) is 186 Å². The first kappa shape index (κ1) is 31.9. The number of fused-ring (bicyclic) bond motifs is 9. The van der Waals surface area contributed by atoms with Crippen LogP contribution in [0.1, 0.15) is 0 Å². The van der Waals surface area contributed by atoms with Crippen LogP contribution in [0.2, 0.25) is 0 Å². The van der Waals surface area contributed by atoms with Gasteiger partial charge in [0, 0.05) is 64.1 Å². The first-order valence-electron chi connectivity index (χ1n) is 19.0. The Balaban J connectivity index is 1.01. The van der Waals surface area contributed by atoms with Crippen molar-refractivity contribution in [1.82, 2.24) is 19.5 Å². The zero-order valence-electron chi connectivity index (χ0n) is 30.4. The summed E-state index contributed by atoms with van der Waals surface area (Å²) in [7, 11) is 0. The maximum atomic E-state index is 6.44. The highest BCUT2D eigenvalue weighted by molar-refractivity contribution is 7.26. The number of benzene rings is 8. The second-order valence-corrected chi connectivity index (χ2v) is 15.4. The smallest absolute Gasteiger partial charge is 0.164 e. The fourth-order valence-electron chi connectivity index (χ4n) is 8.37. The van der Waals surface area contributed by atoms with E-state index in [1.165, 1.54) is 42.1 Å². The van der Waals surface area contributed by atoms with Gasteiger partial charge in [-0.15, -0.1) is 11.3 Å². The normalized spacial score (nSPS) is 11.9.